The summed E-state index contributed by atoms with van der Waals surface area (Å²) in [7, 11) is 0. The Bertz CT molecular complexity index is 623. The number of rotatable bonds is 3. The number of carbonyl (C=O) groups excluding carboxylic acids is 1. The summed E-state index contributed by atoms with van der Waals surface area (Å²) in [6.07, 6.45) is 0. The molecule has 1 unspecified atom stereocenters. The van der Waals surface area contributed by atoms with E-state index in [1.54, 1.807) is 11.8 Å². The highest BCUT2D eigenvalue weighted by Gasteiger charge is 2.32. The lowest BCUT2D eigenvalue weighted by molar-refractivity contribution is -0.144. The maximum Gasteiger partial charge on any atom is 0.324 e. The van der Waals surface area contributed by atoms with Gasteiger partial charge in [0.05, 0.1) is 12.0 Å². The summed E-state index contributed by atoms with van der Waals surface area (Å²) in [5.74, 6) is 0.606. The molecular weight excluding hydrogens is 270 g/mol. The van der Waals surface area contributed by atoms with Crippen molar-refractivity contribution in [2.45, 2.75) is 18.3 Å². The van der Waals surface area contributed by atoms with Gasteiger partial charge in [-0.25, -0.2) is 0 Å². The molecule has 20 heavy (non-hydrogen) atoms. The topological polar surface area (TPSA) is 38.3 Å². The first-order valence-electron chi connectivity index (χ1n) is 6.81. The molecule has 1 saturated heterocycles. The van der Waals surface area contributed by atoms with Crippen LogP contribution in [0.15, 0.2) is 42.5 Å². The first-order chi connectivity index (χ1) is 9.79. The van der Waals surface area contributed by atoms with Gasteiger partial charge < -0.3 is 4.74 Å². The van der Waals surface area contributed by atoms with Crippen LogP contribution in [0.3, 0.4) is 0 Å². The van der Waals surface area contributed by atoms with Crippen molar-refractivity contribution in [3.8, 4) is 0 Å². The smallest absolute Gasteiger partial charge is 0.324 e. The van der Waals surface area contributed by atoms with Crippen LogP contribution in [-0.2, 0) is 9.53 Å². The first kappa shape index (κ1) is 13.5. The van der Waals surface area contributed by atoms with Crippen LogP contribution >= 0.6 is 11.8 Å². The lowest BCUT2D eigenvalue weighted by Crippen LogP contribution is -2.35. The molecule has 2 aromatic rings. The number of thioether (sulfide) groups is 1. The van der Waals surface area contributed by atoms with Gasteiger partial charge in [-0.2, -0.15) is 0 Å². The van der Waals surface area contributed by atoms with Crippen molar-refractivity contribution in [1.82, 2.24) is 5.32 Å². The number of hydrogen-bond donors (Lipinski definition) is 1. The maximum absolute atomic E-state index is 11.8. The molecule has 1 heterocycles. The van der Waals surface area contributed by atoms with Crippen LogP contribution in [0.5, 0.6) is 0 Å². The summed E-state index contributed by atoms with van der Waals surface area (Å²) in [6, 6.07) is 14.4. The predicted octanol–water partition coefficient (Wildman–Crippen LogP) is 3.11. The fourth-order valence-corrected chi connectivity index (χ4v) is 3.77. The van der Waals surface area contributed by atoms with Gasteiger partial charge in [0.25, 0.3) is 0 Å². The second kappa shape index (κ2) is 5.85. The average Bonchev–Trinajstić information content (AvgIpc) is 2.97. The van der Waals surface area contributed by atoms with Gasteiger partial charge in [0.2, 0.25) is 0 Å². The Morgan fingerprint density at radius 2 is 2.10 bits per heavy atom. The average molecular weight is 287 g/mol. The number of hydrogen-bond acceptors (Lipinski definition) is 4. The standard InChI is InChI=1S/C16H17NO2S/c1-2-19-16(18)14-10-20-15(17-14)13-9-5-7-11-6-3-4-8-12(11)13/h3-9,14-15,17H,2,10H2,1H3/t14-,15?/m0/s1. The second-order valence-electron chi connectivity index (χ2n) is 4.75. The monoisotopic (exact) mass is 287 g/mol. The summed E-state index contributed by atoms with van der Waals surface area (Å²) in [5.41, 5.74) is 1.24. The quantitative estimate of drug-likeness (QED) is 0.880. The molecule has 0 saturated carbocycles. The van der Waals surface area contributed by atoms with E-state index in [0.29, 0.717) is 6.61 Å². The fourth-order valence-electron chi connectivity index (χ4n) is 2.51. The highest BCUT2D eigenvalue weighted by Crippen LogP contribution is 2.36. The van der Waals surface area contributed by atoms with E-state index >= 15 is 0 Å². The Morgan fingerprint density at radius 3 is 2.95 bits per heavy atom. The minimum Gasteiger partial charge on any atom is -0.465 e. The highest BCUT2D eigenvalue weighted by molar-refractivity contribution is 7.99. The highest BCUT2D eigenvalue weighted by atomic mass is 32.2. The minimum atomic E-state index is -0.205. The van der Waals surface area contributed by atoms with E-state index in [0.717, 1.165) is 5.75 Å². The lowest BCUT2D eigenvalue weighted by Gasteiger charge is -2.15. The third-order valence-electron chi connectivity index (χ3n) is 3.46. The molecule has 3 rings (SSSR count). The summed E-state index contributed by atoms with van der Waals surface area (Å²) in [5, 5.41) is 5.99. The van der Waals surface area contributed by atoms with Gasteiger partial charge in [-0.1, -0.05) is 42.5 Å². The summed E-state index contributed by atoms with van der Waals surface area (Å²) in [6.45, 7) is 2.27. The number of fused-ring (bicyclic) bond motifs is 1. The van der Waals surface area contributed by atoms with Gasteiger partial charge in [-0.15, -0.1) is 11.8 Å². The minimum absolute atomic E-state index is 0.149. The first-order valence-corrected chi connectivity index (χ1v) is 7.86. The van der Waals surface area contributed by atoms with E-state index in [1.165, 1.54) is 16.3 Å². The van der Waals surface area contributed by atoms with Crippen LogP contribution in [0.4, 0.5) is 0 Å². The third kappa shape index (κ3) is 2.53. The molecule has 0 bridgehead atoms. The van der Waals surface area contributed by atoms with Crippen molar-refractivity contribution in [2.75, 3.05) is 12.4 Å². The van der Waals surface area contributed by atoms with Crippen LogP contribution < -0.4 is 5.32 Å². The van der Waals surface area contributed by atoms with Crippen molar-refractivity contribution < 1.29 is 9.53 Å². The van der Waals surface area contributed by atoms with Crippen LogP contribution in [0.1, 0.15) is 17.9 Å². The van der Waals surface area contributed by atoms with Crippen molar-refractivity contribution in [2.24, 2.45) is 0 Å². The fraction of sp³-hybridized carbons (Fsp3) is 0.312. The molecule has 1 aliphatic rings. The molecule has 3 nitrogen and oxygen atoms in total. The molecule has 0 radical (unpaired) electrons. The summed E-state index contributed by atoms with van der Waals surface area (Å²) in [4.78, 5) is 11.8. The van der Waals surface area contributed by atoms with Crippen molar-refractivity contribution in [3.63, 3.8) is 0 Å². The van der Waals surface area contributed by atoms with E-state index in [2.05, 4.69) is 35.6 Å². The Morgan fingerprint density at radius 1 is 1.30 bits per heavy atom. The Hall–Kier alpha value is -1.52. The molecule has 0 amide bonds. The van der Waals surface area contributed by atoms with Crippen LogP contribution in [-0.4, -0.2) is 24.4 Å². The zero-order valence-corrected chi connectivity index (χ0v) is 12.2. The number of ether oxygens (including phenoxy) is 1. The number of carbonyl (C=O) groups is 1. The van der Waals surface area contributed by atoms with Gasteiger partial charge >= 0.3 is 5.97 Å². The van der Waals surface area contributed by atoms with Crippen molar-refractivity contribution >= 4 is 28.5 Å². The second-order valence-corrected chi connectivity index (χ2v) is 5.89. The Balaban J connectivity index is 1.85. The lowest BCUT2D eigenvalue weighted by atomic mass is 10.0. The molecule has 104 valence electrons. The molecule has 4 heteroatoms. The summed E-state index contributed by atoms with van der Waals surface area (Å²) >= 11 is 1.76. The summed E-state index contributed by atoms with van der Waals surface area (Å²) < 4.78 is 5.08. The van der Waals surface area contributed by atoms with Crippen LogP contribution in [0.2, 0.25) is 0 Å². The maximum atomic E-state index is 11.8. The molecule has 1 fully saturated rings. The predicted molar refractivity (Wildman–Crippen MR) is 82.7 cm³/mol. The number of benzene rings is 2. The van der Waals surface area contributed by atoms with E-state index in [1.807, 2.05) is 19.1 Å². The zero-order chi connectivity index (χ0) is 13.9. The third-order valence-corrected chi connectivity index (χ3v) is 4.71. The van der Waals surface area contributed by atoms with Gasteiger partial charge in [0.1, 0.15) is 6.04 Å². The molecule has 2 atom stereocenters. The normalized spacial score (nSPS) is 22.1. The number of esters is 1. The van der Waals surface area contributed by atoms with E-state index < -0.39 is 0 Å². The molecule has 1 aliphatic heterocycles. The van der Waals surface area contributed by atoms with Gasteiger partial charge in [-0.3, -0.25) is 10.1 Å². The van der Waals surface area contributed by atoms with Crippen LogP contribution in [0.25, 0.3) is 10.8 Å². The Labute approximate surface area is 122 Å². The van der Waals surface area contributed by atoms with E-state index in [9.17, 15) is 4.79 Å². The number of nitrogens with one attached hydrogen (secondary N) is 1. The van der Waals surface area contributed by atoms with Gasteiger partial charge in [0.15, 0.2) is 0 Å². The van der Waals surface area contributed by atoms with E-state index in [4.69, 9.17) is 4.74 Å². The molecule has 1 N–H and O–H groups in total. The van der Waals surface area contributed by atoms with Crippen molar-refractivity contribution in [1.29, 1.82) is 0 Å². The molecular formula is C16H17NO2S. The zero-order valence-electron chi connectivity index (χ0n) is 11.3. The van der Waals surface area contributed by atoms with Crippen molar-refractivity contribution in [3.05, 3.63) is 48.0 Å². The van der Waals surface area contributed by atoms with E-state index in [-0.39, 0.29) is 17.4 Å². The SMILES string of the molecule is CCOC(=O)[C@@H]1CSC(c2cccc3ccccc23)N1. The van der Waals surface area contributed by atoms with Gasteiger partial charge in [-0.05, 0) is 23.3 Å². The molecule has 0 aromatic heterocycles. The molecule has 0 spiro atoms. The molecule has 0 aliphatic carbocycles. The largest absolute Gasteiger partial charge is 0.465 e. The molecule has 2 aromatic carbocycles. The van der Waals surface area contributed by atoms with Gasteiger partial charge in [0, 0.05) is 5.75 Å². The van der Waals surface area contributed by atoms with Crippen LogP contribution in [0, 0.1) is 0 Å². The Kier molecular flexibility index (Phi) is 3.94.